The van der Waals surface area contributed by atoms with Crippen molar-refractivity contribution >= 4 is 23.2 Å². The zero-order chi connectivity index (χ0) is 11.7. The second-order valence-corrected chi connectivity index (χ2v) is 4.79. The van der Waals surface area contributed by atoms with Crippen LogP contribution in [0.2, 0.25) is 10.0 Å². The van der Waals surface area contributed by atoms with Gasteiger partial charge in [0.1, 0.15) is 0 Å². The van der Waals surface area contributed by atoms with Crippen molar-refractivity contribution in [2.75, 3.05) is 0 Å². The zero-order valence-electron chi connectivity index (χ0n) is 9.22. The van der Waals surface area contributed by atoms with Crippen LogP contribution in [0.15, 0.2) is 36.4 Å². The number of benzene rings is 2. The third-order valence-corrected chi connectivity index (χ3v) is 3.14. The molecule has 0 aliphatic heterocycles. The molecule has 2 aromatic rings. The van der Waals surface area contributed by atoms with Gasteiger partial charge in [-0.05, 0) is 60.4 Å². The van der Waals surface area contributed by atoms with Gasteiger partial charge in [0.25, 0.3) is 0 Å². The Balaban J connectivity index is 2.59. The van der Waals surface area contributed by atoms with Crippen molar-refractivity contribution in [1.29, 1.82) is 0 Å². The molecule has 0 bridgehead atoms. The summed E-state index contributed by atoms with van der Waals surface area (Å²) in [6.07, 6.45) is 0. The fourth-order valence-corrected chi connectivity index (χ4v) is 2.31. The van der Waals surface area contributed by atoms with E-state index in [1.807, 2.05) is 36.4 Å². The van der Waals surface area contributed by atoms with Crippen LogP contribution in [-0.2, 0) is 0 Å². The first-order valence-electron chi connectivity index (χ1n) is 5.10. The van der Waals surface area contributed by atoms with Gasteiger partial charge in [-0.1, -0.05) is 35.3 Å². The van der Waals surface area contributed by atoms with Gasteiger partial charge in [-0.25, -0.2) is 0 Å². The van der Waals surface area contributed by atoms with Gasteiger partial charge in [0.2, 0.25) is 0 Å². The predicted molar refractivity (Wildman–Crippen MR) is 71.4 cm³/mol. The van der Waals surface area contributed by atoms with Crippen molar-refractivity contribution in [1.82, 2.24) is 0 Å². The molecule has 0 fully saturated rings. The average Bonchev–Trinajstić information content (AvgIpc) is 2.19. The van der Waals surface area contributed by atoms with E-state index < -0.39 is 0 Å². The fraction of sp³-hybridized carbons (Fsp3) is 0.143. The summed E-state index contributed by atoms with van der Waals surface area (Å²) in [6, 6.07) is 11.9. The molecule has 0 aliphatic rings. The number of halogens is 2. The molecule has 0 aliphatic carbocycles. The van der Waals surface area contributed by atoms with Crippen LogP contribution in [0.3, 0.4) is 0 Å². The van der Waals surface area contributed by atoms with Gasteiger partial charge in [0, 0.05) is 10.0 Å². The maximum Gasteiger partial charge on any atom is 0.0409 e. The van der Waals surface area contributed by atoms with Crippen LogP contribution < -0.4 is 0 Å². The van der Waals surface area contributed by atoms with Crippen LogP contribution in [-0.4, -0.2) is 0 Å². The molecular formula is C14H12Cl2. The Hall–Kier alpha value is -0.980. The molecule has 2 rings (SSSR count). The first-order chi connectivity index (χ1) is 7.58. The van der Waals surface area contributed by atoms with E-state index in [1.54, 1.807) is 0 Å². The molecule has 2 aromatic carbocycles. The highest BCUT2D eigenvalue weighted by Gasteiger charge is 2.05. The molecule has 0 unspecified atom stereocenters. The van der Waals surface area contributed by atoms with Crippen LogP contribution >= 0.6 is 23.2 Å². The van der Waals surface area contributed by atoms with Gasteiger partial charge in [0.05, 0.1) is 0 Å². The van der Waals surface area contributed by atoms with Crippen LogP contribution in [0.1, 0.15) is 11.1 Å². The molecule has 0 saturated carbocycles. The first kappa shape index (κ1) is 11.5. The topological polar surface area (TPSA) is 0 Å². The quantitative estimate of drug-likeness (QED) is 0.647. The minimum absolute atomic E-state index is 0.771. The summed E-state index contributed by atoms with van der Waals surface area (Å²) in [5.41, 5.74) is 4.77. The highest BCUT2D eigenvalue weighted by atomic mass is 35.5. The van der Waals surface area contributed by atoms with Crippen molar-refractivity contribution in [3.8, 4) is 11.1 Å². The van der Waals surface area contributed by atoms with Gasteiger partial charge >= 0.3 is 0 Å². The molecule has 0 nitrogen and oxygen atoms in total. The molecule has 0 aromatic heterocycles. The van der Waals surface area contributed by atoms with E-state index in [9.17, 15) is 0 Å². The van der Waals surface area contributed by atoms with E-state index in [2.05, 4.69) is 13.8 Å². The molecule has 82 valence electrons. The minimum atomic E-state index is 0.771. The van der Waals surface area contributed by atoms with Gasteiger partial charge < -0.3 is 0 Å². The lowest BCUT2D eigenvalue weighted by Crippen LogP contribution is -1.86. The average molecular weight is 251 g/mol. The molecule has 0 radical (unpaired) electrons. The maximum atomic E-state index is 5.95. The first-order valence-corrected chi connectivity index (χ1v) is 5.86. The molecule has 2 heteroatoms. The lowest BCUT2D eigenvalue weighted by atomic mass is 9.97. The van der Waals surface area contributed by atoms with Crippen molar-refractivity contribution in [2.45, 2.75) is 13.8 Å². The molecular weight excluding hydrogens is 239 g/mol. The Morgan fingerprint density at radius 2 is 1.06 bits per heavy atom. The van der Waals surface area contributed by atoms with Gasteiger partial charge in [-0.15, -0.1) is 0 Å². The lowest BCUT2D eigenvalue weighted by molar-refractivity contribution is 1.41. The van der Waals surface area contributed by atoms with Crippen LogP contribution in [0.25, 0.3) is 11.1 Å². The lowest BCUT2D eigenvalue weighted by Gasteiger charge is -2.10. The minimum Gasteiger partial charge on any atom is -0.0843 e. The van der Waals surface area contributed by atoms with E-state index in [4.69, 9.17) is 23.2 Å². The molecule has 0 saturated heterocycles. The summed E-state index contributed by atoms with van der Waals surface area (Å²) in [7, 11) is 0. The van der Waals surface area contributed by atoms with Crippen LogP contribution in [0.4, 0.5) is 0 Å². The summed E-state index contributed by atoms with van der Waals surface area (Å²) in [4.78, 5) is 0. The summed E-state index contributed by atoms with van der Waals surface area (Å²) >= 11 is 11.9. The number of rotatable bonds is 1. The number of hydrogen-bond acceptors (Lipinski definition) is 0. The normalized spacial score (nSPS) is 10.5. The second-order valence-electron chi connectivity index (χ2n) is 3.92. The standard InChI is InChI=1S/C14H12Cl2/c1-9-7-11(15)3-5-13(9)14-6-4-12(16)8-10(14)2/h3-8H,1-2H3. The summed E-state index contributed by atoms with van der Waals surface area (Å²) in [5.74, 6) is 0. The maximum absolute atomic E-state index is 5.95. The third kappa shape index (κ3) is 2.23. The van der Waals surface area contributed by atoms with E-state index in [1.165, 1.54) is 22.3 Å². The summed E-state index contributed by atoms with van der Waals surface area (Å²) in [6.45, 7) is 4.13. The van der Waals surface area contributed by atoms with Gasteiger partial charge in [0.15, 0.2) is 0 Å². The predicted octanol–water partition coefficient (Wildman–Crippen LogP) is 5.28. The third-order valence-electron chi connectivity index (χ3n) is 2.67. The van der Waals surface area contributed by atoms with Gasteiger partial charge in [-0.2, -0.15) is 0 Å². The van der Waals surface area contributed by atoms with Crippen molar-refractivity contribution < 1.29 is 0 Å². The highest BCUT2D eigenvalue weighted by Crippen LogP contribution is 2.29. The molecule has 16 heavy (non-hydrogen) atoms. The largest absolute Gasteiger partial charge is 0.0843 e. The van der Waals surface area contributed by atoms with E-state index in [0.29, 0.717) is 0 Å². The Labute approximate surface area is 106 Å². The Morgan fingerprint density at radius 3 is 1.38 bits per heavy atom. The van der Waals surface area contributed by atoms with Gasteiger partial charge in [-0.3, -0.25) is 0 Å². The smallest absolute Gasteiger partial charge is 0.0409 e. The summed E-state index contributed by atoms with van der Waals surface area (Å²) in [5, 5.41) is 1.54. The van der Waals surface area contributed by atoms with Crippen LogP contribution in [0, 0.1) is 13.8 Å². The molecule has 0 heterocycles. The molecule has 0 atom stereocenters. The van der Waals surface area contributed by atoms with E-state index >= 15 is 0 Å². The Bertz CT molecular complexity index is 481. The van der Waals surface area contributed by atoms with Crippen LogP contribution in [0.5, 0.6) is 0 Å². The number of aryl methyl sites for hydroxylation is 2. The highest BCUT2D eigenvalue weighted by molar-refractivity contribution is 6.31. The van der Waals surface area contributed by atoms with Crippen molar-refractivity contribution in [3.63, 3.8) is 0 Å². The molecule has 0 amide bonds. The fourth-order valence-electron chi connectivity index (χ4n) is 1.86. The van der Waals surface area contributed by atoms with E-state index in [0.717, 1.165) is 10.0 Å². The number of hydrogen-bond donors (Lipinski definition) is 0. The van der Waals surface area contributed by atoms with E-state index in [-0.39, 0.29) is 0 Å². The Morgan fingerprint density at radius 1 is 0.688 bits per heavy atom. The second kappa shape index (κ2) is 4.48. The molecule has 0 N–H and O–H groups in total. The zero-order valence-corrected chi connectivity index (χ0v) is 10.7. The Kier molecular flexibility index (Phi) is 3.22. The van der Waals surface area contributed by atoms with Crippen molar-refractivity contribution in [3.05, 3.63) is 57.6 Å². The van der Waals surface area contributed by atoms with Crippen molar-refractivity contribution in [2.24, 2.45) is 0 Å². The molecule has 0 spiro atoms. The monoisotopic (exact) mass is 250 g/mol. The SMILES string of the molecule is Cc1cc(Cl)ccc1-c1ccc(Cl)cc1C. The summed E-state index contributed by atoms with van der Waals surface area (Å²) < 4.78 is 0.